The molecule has 1 aliphatic heterocycles. The van der Waals surface area contributed by atoms with Crippen LogP contribution in [0.15, 0.2) is 29.8 Å². The summed E-state index contributed by atoms with van der Waals surface area (Å²) in [5, 5.41) is 2.08. The molecule has 1 aromatic carbocycles. The van der Waals surface area contributed by atoms with Gasteiger partial charge >= 0.3 is 5.97 Å². The van der Waals surface area contributed by atoms with Crippen LogP contribution < -0.4 is 11.1 Å². The van der Waals surface area contributed by atoms with Crippen LogP contribution in [0, 0.1) is 6.92 Å². The molecule has 21 heavy (non-hydrogen) atoms. The Morgan fingerprint density at radius 1 is 1.33 bits per heavy atom. The zero-order valence-corrected chi connectivity index (χ0v) is 11.6. The second-order valence-electron chi connectivity index (χ2n) is 4.79. The minimum Gasteiger partial charge on any atom is -0.461 e. The Labute approximate surface area is 122 Å². The maximum absolute atomic E-state index is 11.7. The summed E-state index contributed by atoms with van der Waals surface area (Å²) < 4.78 is 5.13. The third-order valence-electron chi connectivity index (χ3n) is 3.20. The minimum absolute atomic E-state index is 0.123. The highest BCUT2D eigenvalue weighted by Crippen LogP contribution is 2.14. The lowest BCUT2D eigenvalue weighted by atomic mass is 10.1. The number of aryl methyl sites for hydroxylation is 1. The van der Waals surface area contributed by atoms with Gasteiger partial charge in [-0.15, -0.1) is 0 Å². The highest BCUT2D eigenvalue weighted by Gasteiger charge is 2.23. The number of carbonyl (C=O) groups is 3. The Morgan fingerprint density at radius 3 is 2.67 bits per heavy atom. The van der Waals surface area contributed by atoms with Gasteiger partial charge in [-0.3, -0.25) is 19.7 Å². The van der Waals surface area contributed by atoms with Gasteiger partial charge in [0.2, 0.25) is 0 Å². The first-order chi connectivity index (χ1) is 9.99. The van der Waals surface area contributed by atoms with Crippen molar-refractivity contribution in [2.75, 3.05) is 0 Å². The van der Waals surface area contributed by atoms with E-state index in [1.165, 1.54) is 0 Å². The van der Waals surface area contributed by atoms with E-state index in [9.17, 15) is 14.4 Å². The maximum Gasteiger partial charge on any atom is 0.310 e. The molecule has 0 radical (unpaired) electrons. The quantitative estimate of drug-likeness (QED) is 0.606. The van der Waals surface area contributed by atoms with Gasteiger partial charge in [0.15, 0.2) is 0 Å². The fraction of sp³-hybridized carbons (Fsp3) is 0.267. The Hall–Kier alpha value is -2.47. The van der Waals surface area contributed by atoms with Crippen molar-refractivity contribution in [1.29, 1.82) is 0 Å². The Morgan fingerprint density at radius 2 is 2.10 bits per heavy atom. The number of nitrogens with two attached hydrogens (primary N) is 1. The van der Waals surface area contributed by atoms with Crippen molar-refractivity contribution in [2.24, 2.45) is 5.73 Å². The summed E-state index contributed by atoms with van der Waals surface area (Å²) in [6.45, 7) is 2.49. The molecule has 1 aliphatic rings. The Bertz CT molecular complexity index is 635. The molecule has 0 saturated heterocycles. The summed E-state index contributed by atoms with van der Waals surface area (Å²) in [7, 11) is 0. The number of esters is 1. The van der Waals surface area contributed by atoms with E-state index in [1.54, 1.807) is 0 Å². The molecule has 1 heterocycles. The molecule has 2 amide bonds. The van der Waals surface area contributed by atoms with Gasteiger partial charge in [-0.25, -0.2) is 0 Å². The maximum atomic E-state index is 11.7. The lowest BCUT2D eigenvalue weighted by Crippen LogP contribution is -2.23. The number of rotatable bonds is 5. The van der Waals surface area contributed by atoms with Crippen LogP contribution in [-0.4, -0.2) is 17.8 Å². The molecule has 6 heteroatoms. The normalized spacial score (nSPS) is 13.9. The van der Waals surface area contributed by atoms with Crippen molar-refractivity contribution in [2.45, 2.75) is 26.5 Å². The molecule has 0 atom stereocenters. The molecular weight excluding hydrogens is 272 g/mol. The molecule has 0 unspecified atom stereocenters. The molecule has 0 fully saturated rings. The smallest absolute Gasteiger partial charge is 0.310 e. The Balaban J connectivity index is 1.91. The van der Waals surface area contributed by atoms with E-state index in [0.29, 0.717) is 6.54 Å². The summed E-state index contributed by atoms with van der Waals surface area (Å²) in [6.07, 6.45) is 0.905. The zero-order chi connectivity index (χ0) is 15.4. The highest BCUT2D eigenvalue weighted by molar-refractivity contribution is 6.17. The van der Waals surface area contributed by atoms with Crippen LogP contribution in [0.2, 0.25) is 0 Å². The number of amides is 2. The number of imide groups is 1. The third kappa shape index (κ3) is 3.76. The molecule has 0 saturated carbocycles. The highest BCUT2D eigenvalue weighted by atomic mass is 16.5. The minimum atomic E-state index is -0.548. The van der Waals surface area contributed by atoms with Crippen molar-refractivity contribution in [3.05, 3.63) is 46.5 Å². The molecule has 0 bridgehead atoms. The first-order valence-corrected chi connectivity index (χ1v) is 6.49. The third-order valence-corrected chi connectivity index (χ3v) is 3.20. The number of hydrogen-bond acceptors (Lipinski definition) is 5. The van der Waals surface area contributed by atoms with E-state index in [2.05, 4.69) is 5.32 Å². The average Bonchev–Trinajstić information content (AvgIpc) is 2.75. The average molecular weight is 288 g/mol. The van der Waals surface area contributed by atoms with Gasteiger partial charge in [0.1, 0.15) is 6.61 Å². The fourth-order valence-electron chi connectivity index (χ4n) is 2.00. The summed E-state index contributed by atoms with van der Waals surface area (Å²) >= 11 is 0. The molecule has 2 rings (SSSR count). The van der Waals surface area contributed by atoms with Crippen molar-refractivity contribution >= 4 is 17.8 Å². The van der Waals surface area contributed by atoms with Crippen LogP contribution in [0.25, 0.3) is 0 Å². The van der Waals surface area contributed by atoms with Crippen LogP contribution in [-0.2, 0) is 32.3 Å². The van der Waals surface area contributed by atoms with E-state index >= 15 is 0 Å². The zero-order valence-electron chi connectivity index (χ0n) is 11.6. The van der Waals surface area contributed by atoms with E-state index in [-0.39, 0.29) is 18.6 Å². The predicted octanol–water partition coefficient (Wildman–Crippen LogP) is 0.470. The molecule has 110 valence electrons. The van der Waals surface area contributed by atoms with Crippen molar-refractivity contribution in [3.8, 4) is 0 Å². The molecule has 1 aromatic rings. The largest absolute Gasteiger partial charge is 0.461 e. The lowest BCUT2D eigenvalue weighted by Gasteiger charge is -2.09. The summed E-state index contributed by atoms with van der Waals surface area (Å²) in [6, 6.07) is 5.67. The molecule has 6 nitrogen and oxygen atoms in total. The van der Waals surface area contributed by atoms with Crippen LogP contribution in [0.1, 0.15) is 23.1 Å². The monoisotopic (exact) mass is 288 g/mol. The number of ether oxygens (including phenoxy) is 1. The topological polar surface area (TPSA) is 98.5 Å². The predicted molar refractivity (Wildman–Crippen MR) is 74.7 cm³/mol. The first-order valence-electron chi connectivity index (χ1n) is 6.49. The van der Waals surface area contributed by atoms with Crippen LogP contribution in [0.3, 0.4) is 0 Å². The lowest BCUT2D eigenvalue weighted by molar-refractivity contribution is -0.144. The Kier molecular flexibility index (Phi) is 4.49. The number of carbonyl (C=O) groups excluding carboxylic acids is 3. The molecule has 3 N–H and O–H groups in total. The van der Waals surface area contributed by atoms with Gasteiger partial charge in [0, 0.05) is 18.2 Å². The second kappa shape index (κ2) is 6.32. The SMILES string of the molecule is Cc1cc(CN)ccc1COC(=O)CC1=CC(=O)NC1=O. The molecular formula is C15H16N2O4. The molecule has 0 aliphatic carbocycles. The van der Waals surface area contributed by atoms with Crippen LogP contribution >= 0.6 is 0 Å². The van der Waals surface area contributed by atoms with E-state index in [4.69, 9.17) is 10.5 Å². The van der Waals surface area contributed by atoms with Crippen molar-refractivity contribution in [3.63, 3.8) is 0 Å². The summed E-state index contributed by atoms with van der Waals surface area (Å²) in [4.78, 5) is 33.9. The summed E-state index contributed by atoms with van der Waals surface area (Å²) in [5.41, 5.74) is 8.54. The number of nitrogens with one attached hydrogen (secondary N) is 1. The molecule has 0 spiro atoms. The van der Waals surface area contributed by atoms with Gasteiger partial charge < -0.3 is 10.5 Å². The number of hydrogen-bond donors (Lipinski definition) is 2. The van der Waals surface area contributed by atoms with Gasteiger partial charge in [-0.1, -0.05) is 18.2 Å². The van der Waals surface area contributed by atoms with Crippen molar-refractivity contribution < 1.29 is 19.1 Å². The summed E-state index contributed by atoms with van der Waals surface area (Å²) in [5.74, 6) is -1.59. The van der Waals surface area contributed by atoms with E-state index in [1.807, 2.05) is 25.1 Å². The van der Waals surface area contributed by atoms with Crippen LogP contribution in [0.5, 0.6) is 0 Å². The van der Waals surface area contributed by atoms with E-state index in [0.717, 1.165) is 22.8 Å². The fourth-order valence-corrected chi connectivity index (χ4v) is 2.00. The van der Waals surface area contributed by atoms with E-state index < -0.39 is 17.8 Å². The second-order valence-corrected chi connectivity index (χ2v) is 4.79. The standard InChI is InChI=1S/C15H16N2O4/c1-9-4-10(7-16)2-3-11(9)8-21-14(19)6-12-5-13(18)17-15(12)20/h2-5H,6-8,16H2,1H3,(H,17,18,20). The number of benzene rings is 1. The van der Waals surface area contributed by atoms with Gasteiger partial charge in [0.05, 0.1) is 6.42 Å². The van der Waals surface area contributed by atoms with Gasteiger partial charge in [-0.05, 0) is 23.6 Å². The van der Waals surface area contributed by atoms with Crippen molar-refractivity contribution in [1.82, 2.24) is 5.32 Å². The van der Waals surface area contributed by atoms with Crippen LogP contribution in [0.4, 0.5) is 0 Å². The molecule has 0 aromatic heterocycles. The van der Waals surface area contributed by atoms with Gasteiger partial charge in [0.25, 0.3) is 11.8 Å². The van der Waals surface area contributed by atoms with Gasteiger partial charge in [-0.2, -0.15) is 0 Å². The first kappa shape index (κ1) is 14.9.